The van der Waals surface area contributed by atoms with Gasteiger partial charge < -0.3 is 54.4 Å². The van der Waals surface area contributed by atoms with Gasteiger partial charge in [0.15, 0.2) is 23.6 Å². The van der Waals surface area contributed by atoms with Crippen molar-refractivity contribution in [3.63, 3.8) is 0 Å². The van der Waals surface area contributed by atoms with Gasteiger partial charge in [-0.15, -0.1) is 11.3 Å². The van der Waals surface area contributed by atoms with Crippen LogP contribution in [0.25, 0.3) is 0 Å². The van der Waals surface area contributed by atoms with Gasteiger partial charge in [-0.25, -0.2) is 19.2 Å². The molecule has 11 atom stereocenters. The fraction of sp³-hybridized carbons (Fsp3) is 0.591. The minimum atomic E-state index is -2.41. The van der Waals surface area contributed by atoms with Gasteiger partial charge in [-0.2, -0.15) is 0 Å². The number of benzene rings is 1. The largest absolute Gasteiger partial charge is 0.456 e. The minimum absolute atomic E-state index is 0.0300. The van der Waals surface area contributed by atoms with Gasteiger partial charge in [0.25, 0.3) is 0 Å². The Hall–Kier alpha value is -4.88. The molecule has 1 aromatic heterocycles. The molecule has 1 aliphatic heterocycles. The standard InChI is InChI=1S/C44H56N2O15S/c1-10-45-38(53)58-32-29-22(2)25(57-37(52)31(49)30(26-17-14-18-62-26)46-39(54)61-40(4,5)6)20-44(55,41(29,7)8)35(59-36(51)24-15-12-11-13-16-24)33-42(9,34(32)50)27(48)19-28-43(33,21-56-28)60-23(3)47/h11-18,25,27-28,30-33,35,48-49,55H,10,19-21H2,1-9H3,(H,45,53)(H,46,54)/t25-,27-,28+,30-,31+,32+,33?,35?,42+,43-,44+/m0/s1. The Balaban J connectivity index is 1.55. The number of aliphatic hydroxyl groups is 3. The van der Waals surface area contributed by atoms with Crippen LogP contribution in [0.4, 0.5) is 9.59 Å². The van der Waals surface area contributed by atoms with Gasteiger partial charge in [0.2, 0.25) is 0 Å². The molecular formula is C44H56N2O15S. The second-order valence-corrected chi connectivity index (χ2v) is 19.1. The zero-order valence-corrected chi connectivity index (χ0v) is 37.0. The fourth-order valence-corrected chi connectivity index (χ4v) is 10.5. The lowest BCUT2D eigenvalue weighted by molar-refractivity contribution is -0.345. The molecule has 0 spiro atoms. The smallest absolute Gasteiger partial charge is 0.408 e. The number of hydrogen-bond acceptors (Lipinski definition) is 16. The van der Waals surface area contributed by atoms with Crippen molar-refractivity contribution in [3.8, 4) is 0 Å². The van der Waals surface area contributed by atoms with Crippen LogP contribution in [0.15, 0.2) is 59.0 Å². The first-order valence-electron chi connectivity index (χ1n) is 20.5. The summed E-state index contributed by atoms with van der Waals surface area (Å²) in [6.07, 6.45) is -12.6. The van der Waals surface area contributed by atoms with Crippen LogP contribution >= 0.6 is 11.3 Å². The number of nitrogens with one attached hydrogen (secondary N) is 2. The number of fused-ring (bicyclic) bond motifs is 5. The second-order valence-electron chi connectivity index (χ2n) is 18.1. The van der Waals surface area contributed by atoms with Crippen LogP contribution in [-0.4, -0.2) is 118 Å². The Morgan fingerprint density at radius 1 is 1.00 bits per heavy atom. The van der Waals surface area contributed by atoms with E-state index in [4.69, 9.17) is 28.4 Å². The number of esters is 3. The number of Topliss-reactive ketones (excluding diaryl/α,β-unsaturated/α-hetero) is 1. The van der Waals surface area contributed by atoms with Crippen LogP contribution in [0.5, 0.6) is 0 Å². The number of hydrogen-bond donors (Lipinski definition) is 5. The zero-order chi connectivity index (χ0) is 45.7. The summed E-state index contributed by atoms with van der Waals surface area (Å²) >= 11 is 1.14. The molecule has 338 valence electrons. The molecule has 17 nitrogen and oxygen atoms in total. The van der Waals surface area contributed by atoms with E-state index in [1.54, 1.807) is 77.3 Å². The van der Waals surface area contributed by atoms with Gasteiger partial charge in [-0.05, 0) is 76.3 Å². The van der Waals surface area contributed by atoms with Crippen molar-refractivity contribution in [3.05, 3.63) is 69.4 Å². The van der Waals surface area contributed by atoms with Gasteiger partial charge in [-0.1, -0.05) is 38.1 Å². The first-order valence-corrected chi connectivity index (χ1v) is 21.4. The molecule has 1 aromatic carbocycles. The highest BCUT2D eigenvalue weighted by Crippen LogP contribution is 2.64. The topological polar surface area (TPSA) is 243 Å². The van der Waals surface area contributed by atoms with Crippen molar-refractivity contribution in [1.82, 2.24) is 10.6 Å². The molecule has 6 rings (SSSR count). The van der Waals surface area contributed by atoms with E-state index in [1.807, 2.05) is 0 Å². The molecule has 2 unspecified atom stereocenters. The van der Waals surface area contributed by atoms with E-state index in [0.717, 1.165) is 18.3 Å². The summed E-state index contributed by atoms with van der Waals surface area (Å²) in [6, 6.07) is 9.70. The molecule has 2 bridgehead atoms. The van der Waals surface area contributed by atoms with Crippen LogP contribution in [0.1, 0.15) is 96.4 Å². The van der Waals surface area contributed by atoms with Crippen LogP contribution in [0, 0.1) is 16.7 Å². The highest BCUT2D eigenvalue weighted by molar-refractivity contribution is 7.10. The Kier molecular flexibility index (Phi) is 12.8. The fourth-order valence-electron chi connectivity index (χ4n) is 9.70. The van der Waals surface area contributed by atoms with Crippen LogP contribution < -0.4 is 10.6 Å². The van der Waals surface area contributed by atoms with Gasteiger partial charge in [-0.3, -0.25) is 9.59 Å². The molecule has 62 heavy (non-hydrogen) atoms. The van der Waals surface area contributed by atoms with E-state index in [9.17, 15) is 39.3 Å². The first-order chi connectivity index (χ1) is 28.9. The molecule has 2 saturated carbocycles. The van der Waals surface area contributed by atoms with Crippen molar-refractivity contribution >= 4 is 47.2 Å². The lowest BCUT2D eigenvalue weighted by Crippen LogP contribution is -2.82. The number of rotatable bonds is 10. The van der Waals surface area contributed by atoms with E-state index in [1.165, 1.54) is 26.0 Å². The maximum Gasteiger partial charge on any atom is 0.408 e. The van der Waals surface area contributed by atoms with Crippen molar-refractivity contribution < 1.29 is 72.5 Å². The molecule has 2 amide bonds. The van der Waals surface area contributed by atoms with Crippen LogP contribution in [0.3, 0.4) is 0 Å². The van der Waals surface area contributed by atoms with Crippen molar-refractivity contribution in [2.75, 3.05) is 13.2 Å². The van der Waals surface area contributed by atoms with Crippen LogP contribution in [0.2, 0.25) is 0 Å². The number of thiophene rings is 1. The molecule has 5 N–H and O–H groups in total. The summed E-state index contributed by atoms with van der Waals surface area (Å²) in [4.78, 5) is 83.9. The number of carbonyl (C=O) groups excluding carboxylic acids is 6. The summed E-state index contributed by atoms with van der Waals surface area (Å²) in [5.74, 6) is -5.44. The van der Waals surface area contributed by atoms with E-state index >= 15 is 4.79 Å². The van der Waals surface area contributed by atoms with E-state index in [0.29, 0.717) is 4.88 Å². The molecule has 1 saturated heterocycles. The van der Waals surface area contributed by atoms with E-state index in [2.05, 4.69) is 10.6 Å². The Morgan fingerprint density at radius 3 is 2.24 bits per heavy atom. The molecule has 2 heterocycles. The zero-order valence-electron chi connectivity index (χ0n) is 36.2. The molecule has 3 fully saturated rings. The lowest BCUT2D eigenvalue weighted by Gasteiger charge is -2.67. The van der Waals surface area contributed by atoms with Gasteiger partial charge in [0.05, 0.1) is 29.6 Å². The number of carbonyl (C=O) groups is 6. The molecule has 18 heteroatoms. The Bertz CT molecular complexity index is 2100. The van der Waals surface area contributed by atoms with Gasteiger partial charge in [0.1, 0.15) is 35.6 Å². The number of ether oxygens (including phenoxy) is 6. The average molecular weight is 885 g/mol. The molecule has 0 radical (unpaired) electrons. The second kappa shape index (κ2) is 17.0. The minimum Gasteiger partial charge on any atom is -0.456 e. The monoisotopic (exact) mass is 884 g/mol. The van der Waals surface area contributed by atoms with E-state index < -0.39 is 119 Å². The molecule has 3 aliphatic carbocycles. The predicted molar refractivity (Wildman–Crippen MR) is 219 cm³/mol. The summed E-state index contributed by atoms with van der Waals surface area (Å²) in [5.41, 5.74) is -8.72. The van der Waals surface area contributed by atoms with Crippen LogP contribution in [-0.2, 0) is 42.8 Å². The number of amides is 2. The van der Waals surface area contributed by atoms with E-state index in [-0.39, 0.29) is 36.3 Å². The quantitative estimate of drug-likeness (QED) is 0.128. The highest BCUT2D eigenvalue weighted by atomic mass is 32.1. The molecule has 2 aromatic rings. The summed E-state index contributed by atoms with van der Waals surface area (Å²) in [5, 5.41) is 44.2. The third-order valence-electron chi connectivity index (χ3n) is 12.8. The van der Waals surface area contributed by atoms with Crippen molar-refractivity contribution in [2.45, 2.75) is 135 Å². The highest BCUT2D eigenvalue weighted by Gasteiger charge is 2.78. The maximum atomic E-state index is 15.6. The summed E-state index contributed by atoms with van der Waals surface area (Å²) in [6.45, 7) is 13.5. The molecule has 4 aliphatic rings. The SMILES string of the molecule is CCNC(=O)O[C@H]1C(=O)[C@@]2(C)C(C(OC(=O)c3ccccc3)[C@]3(O)C[C@H](OC(=O)[C@H](O)[C@@H](NC(=O)OC(C)(C)C)c4cccs4)C(C)=C1C3(C)C)[C@]1(OC(C)=O)CO[C@@H]1C[C@@H]2O. The number of aliphatic hydroxyl groups excluding tert-OH is 2. The number of ketones is 1. The normalized spacial score (nSPS) is 32.2. The van der Waals surface area contributed by atoms with Gasteiger partial charge in [0, 0.05) is 36.6 Å². The Morgan fingerprint density at radius 2 is 1.68 bits per heavy atom. The third-order valence-corrected chi connectivity index (χ3v) is 13.7. The third kappa shape index (κ3) is 8.11. The maximum absolute atomic E-state index is 15.6. The van der Waals surface area contributed by atoms with Crippen molar-refractivity contribution in [2.24, 2.45) is 16.7 Å². The summed E-state index contributed by atoms with van der Waals surface area (Å²) in [7, 11) is 0. The van der Waals surface area contributed by atoms with Gasteiger partial charge >= 0.3 is 30.1 Å². The molecular weight excluding hydrogens is 829 g/mol. The summed E-state index contributed by atoms with van der Waals surface area (Å²) < 4.78 is 35.8. The van der Waals surface area contributed by atoms with Crippen molar-refractivity contribution in [1.29, 1.82) is 0 Å². The predicted octanol–water partition coefficient (Wildman–Crippen LogP) is 4.07. The number of alkyl carbamates (subject to hydrolysis) is 2. The Labute approximate surface area is 363 Å². The first kappa shape index (κ1) is 46.6. The average Bonchev–Trinajstić information content (AvgIpc) is 3.72. The lowest BCUT2D eigenvalue weighted by atomic mass is 9.44.